The van der Waals surface area contributed by atoms with Crippen LogP contribution in [0.1, 0.15) is 44.1 Å². The zero-order chi connectivity index (χ0) is 24.5. The largest absolute Gasteiger partial charge is 0.457 e. The molecule has 3 aromatic rings. The van der Waals surface area contributed by atoms with Gasteiger partial charge in [0, 0.05) is 29.1 Å². The lowest BCUT2D eigenvalue weighted by Gasteiger charge is -2.11. The Kier molecular flexibility index (Phi) is 8.34. The lowest BCUT2D eigenvalue weighted by molar-refractivity contribution is -0.142. The van der Waals surface area contributed by atoms with Crippen LogP contribution in [0.3, 0.4) is 0 Å². The molecule has 0 atom stereocenters. The number of carbonyl (C=O) groups is 4. The van der Waals surface area contributed by atoms with Gasteiger partial charge in [-0.1, -0.05) is 48.5 Å². The minimum Gasteiger partial charge on any atom is -0.457 e. The van der Waals surface area contributed by atoms with E-state index in [1.165, 1.54) is 4.68 Å². The molecule has 0 saturated carbocycles. The van der Waals surface area contributed by atoms with Crippen molar-refractivity contribution in [2.45, 2.75) is 26.7 Å². The molecule has 3 rings (SSSR count). The van der Waals surface area contributed by atoms with Crippen LogP contribution in [-0.2, 0) is 20.7 Å². The molecule has 2 amide bonds. The van der Waals surface area contributed by atoms with Crippen molar-refractivity contribution in [1.29, 1.82) is 0 Å². The number of esters is 1. The molecule has 1 heterocycles. The van der Waals surface area contributed by atoms with Crippen LogP contribution in [0, 0.1) is 13.8 Å². The summed E-state index contributed by atoms with van der Waals surface area (Å²) in [6, 6.07) is 19.7. The third-order valence-corrected chi connectivity index (χ3v) is 5.20. The number of aromatic nitrogens is 1. The molecule has 2 aromatic carbocycles. The first-order valence-electron chi connectivity index (χ1n) is 10.9. The van der Waals surface area contributed by atoms with Gasteiger partial charge < -0.3 is 10.1 Å². The molecular formula is C26H27N3O5. The Labute approximate surface area is 197 Å². The normalized spacial score (nSPS) is 10.4. The van der Waals surface area contributed by atoms with Crippen LogP contribution in [0.15, 0.2) is 66.7 Å². The van der Waals surface area contributed by atoms with Crippen LogP contribution in [0.5, 0.6) is 0 Å². The fourth-order valence-corrected chi connectivity index (χ4v) is 3.42. The number of carbonyl (C=O) groups excluding carboxylic acids is 4. The molecule has 0 radical (unpaired) electrons. The molecular weight excluding hydrogens is 434 g/mol. The summed E-state index contributed by atoms with van der Waals surface area (Å²) < 4.78 is 6.61. The van der Waals surface area contributed by atoms with Gasteiger partial charge in [-0.15, -0.1) is 0 Å². The van der Waals surface area contributed by atoms with Crippen LogP contribution in [0.2, 0.25) is 0 Å². The lowest BCUT2D eigenvalue weighted by Crippen LogP contribution is -2.28. The number of aryl methyl sites for hydroxylation is 1. The number of nitrogens with zero attached hydrogens (tertiary/aromatic N) is 1. The molecule has 0 aliphatic carbocycles. The third kappa shape index (κ3) is 6.65. The third-order valence-electron chi connectivity index (χ3n) is 5.20. The number of nitrogens with one attached hydrogen (secondary N) is 2. The van der Waals surface area contributed by atoms with Crippen LogP contribution < -0.4 is 10.7 Å². The minimum absolute atomic E-state index is 0.0417. The first kappa shape index (κ1) is 24.4. The second-order valence-electron chi connectivity index (χ2n) is 7.77. The number of ether oxygens (including phenoxy) is 1. The van der Waals surface area contributed by atoms with E-state index >= 15 is 0 Å². The fourth-order valence-electron chi connectivity index (χ4n) is 3.42. The SMILES string of the molecule is Cc1cc(C(=O)COC(=O)CCNC(=O)Cc2ccccc2)c(C)n1NC(=O)c1ccccc1. The van der Waals surface area contributed by atoms with E-state index in [4.69, 9.17) is 4.74 Å². The molecule has 8 nitrogen and oxygen atoms in total. The van der Waals surface area contributed by atoms with Gasteiger partial charge >= 0.3 is 5.97 Å². The molecule has 34 heavy (non-hydrogen) atoms. The Morgan fingerprint density at radius 1 is 0.912 bits per heavy atom. The van der Waals surface area contributed by atoms with Gasteiger partial charge in [-0.2, -0.15) is 0 Å². The number of hydrogen-bond donors (Lipinski definition) is 2. The zero-order valence-corrected chi connectivity index (χ0v) is 19.2. The van der Waals surface area contributed by atoms with Gasteiger partial charge in [0.1, 0.15) is 0 Å². The number of rotatable bonds is 10. The fraction of sp³-hybridized carbons (Fsp3) is 0.231. The molecule has 0 bridgehead atoms. The zero-order valence-electron chi connectivity index (χ0n) is 19.2. The van der Waals surface area contributed by atoms with E-state index < -0.39 is 12.6 Å². The second kappa shape index (κ2) is 11.6. The molecule has 8 heteroatoms. The Balaban J connectivity index is 1.46. The second-order valence-corrected chi connectivity index (χ2v) is 7.77. The highest BCUT2D eigenvalue weighted by Gasteiger charge is 2.19. The van der Waals surface area contributed by atoms with Gasteiger partial charge in [0.15, 0.2) is 6.61 Å². The van der Waals surface area contributed by atoms with Crippen LogP contribution >= 0.6 is 0 Å². The maximum absolute atomic E-state index is 12.6. The minimum atomic E-state index is -0.584. The van der Waals surface area contributed by atoms with Crippen molar-refractivity contribution < 1.29 is 23.9 Å². The summed E-state index contributed by atoms with van der Waals surface area (Å²) in [5, 5.41) is 2.66. The van der Waals surface area contributed by atoms with E-state index in [2.05, 4.69) is 10.7 Å². The van der Waals surface area contributed by atoms with Crippen LogP contribution in [0.4, 0.5) is 0 Å². The Morgan fingerprint density at radius 3 is 2.24 bits per heavy atom. The first-order chi connectivity index (χ1) is 16.3. The Bertz CT molecular complexity index is 1170. The number of amides is 2. The summed E-state index contributed by atoms with van der Waals surface area (Å²) in [6.45, 7) is 3.17. The summed E-state index contributed by atoms with van der Waals surface area (Å²) in [5.74, 6) is -1.46. The van der Waals surface area contributed by atoms with E-state index in [0.29, 0.717) is 22.5 Å². The molecule has 0 spiro atoms. The first-order valence-corrected chi connectivity index (χ1v) is 10.9. The molecule has 0 aliphatic rings. The van der Waals surface area contributed by atoms with Crippen molar-refractivity contribution in [1.82, 2.24) is 9.99 Å². The molecule has 176 valence electrons. The topological polar surface area (TPSA) is 106 Å². The van der Waals surface area contributed by atoms with Crippen molar-refractivity contribution in [2.75, 3.05) is 18.6 Å². The standard InChI is InChI=1S/C26H27N3O5/c1-18-15-22(19(2)29(18)28-26(33)21-11-7-4-8-12-21)23(30)17-34-25(32)13-14-27-24(31)16-20-9-5-3-6-10-20/h3-12,15H,13-14,16-17H2,1-2H3,(H,27,31)(H,28,33). The average molecular weight is 462 g/mol. The van der Waals surface area contributed by atoms with E-state index in [1.807, 2.05) is 36.4 Å². The van der Waals surface area contributed by atoms with Gasteiger partial charge in [0.05, 0.1) is 12.8 Å². The smallest absolute Gasteiger partial charge is 0.308 e. The van der Waals surface area contributed by atoms with Gasteiger partial charge in [-0.05, 0) is 37.6 Å². The summed E-state index contributed by atoms with van der Waals surface area (Å²) in [7, 11) is 0. The highest BCUT2D eigenvalue weighted by Crippen LogP contribution is 2.15. The number of benzene rings is 2. The van der Waals surface area contributed by atoms with Gasteiger partial charge in [0.25, 0.3) is 5.91 Å². The van der Waals surface area contributed by atoms with Crippen molar-refractivity contribution in [3.8, 4) is 0 Å². The summed E-state index contributed by atoms with van der Waals surface area (Å²) in [6.07, 6.45) is 0.185. The van der Waals surface area contributed by atoms with E-state index in [1.54, 1.807) is 44.2 Å². The highest BCUT2D eigenvalue weighted by molar-refractivity contribution is 6.01. The Hall–Kier alpha value is -4.20. The molecule has 0 fully saturated rings. The van der Waals surface area contributed by atoms with Crippen molar-refractivity contribution in [2.24, 2.45) is 0 Å². The lowest BCUT2D eigenvalue weighted by atomic mass is 10.1. The van der Waals surface area contributed by atoms with Crippen LogP contribution in [-0.4, -0.2) is 41.4 Å². The molecule has 0 aliphatic heterocycles. The maximum atomic E-state index is 12.6. The summed E-state index contributed by atoms with van der Waals surface area (Å²) >= 11 is 0. The van der Waals surface area contributed by atoms with Crippen molar-refractivity contribution in [3.63, 3.8) is 0 Å². The van der Waals surface area contributed by atoms with Crippen molar-refractivity contribution in [3.05, 3.63) is 94.8 Å². The molecule has 0 saturated heterocycles. The van der Waals surface area contributed by atoms with E-state index in [0.717, 1.165) is 5.56 Å². The van der Waals surface area contributed by atoms with E-state index in [9.17, 15) is 19.2 Å². The maximum Gasteiger partial charge on any atom is 0.308 e. The van der Waals surface area contributed by atoms with Gasteiger partial charge in [-0.25, -0.2) is 0 Å². The highest BCUT2D eigenvalue weighted by atomic mass is 16.5. The number of hydrogen-bond acceptors (Lipinski definition) is 5. The van der Waals surface area contributed by atoms with E-state index in [-0.39, 0.29) is 37.0 Å². The Morgan fingerprint density at radius 2 is 1.56 bits per heavy atom. The van der Waals surface area contributed by atoms with Crippen molar-refractivity contribution >= 4 is 23.6 Å². The predicted octanol–water partition coefficient (Wildman–Crippen LogP) is 2.96. The molecule has 0 unspecified atom stereocenters. The quantitative estimate of drug-likeness (QED) is 0.357. The summed E-state index contributed by atoms with van der Waals surface area (Å²) in [5.41, 5.74) is 5.70. The molecule has 1 aromatic heterocycles. The monoisotopic (exact) mass is 461 g/mol. The number of ketones is 1. The summed E-state index contributed by atoms with van der Waals surface area (Å²) in [4.78, 5) is 49.0. The van der Waals surface area contributed by atoms with Gasteiger partial charge in [-0.3, -0.25) is 29.3 Å². The molecule has 2 N–H and O–H groups in total. The average Bonchev–Trinajstić information content (AvgIpc) is 3.12. The van der Waals surface area contributed by atoms with Gasteiger partial charge in [0.2, 0.25) is 11.7 Å². The predicted molar refractivity (Wildman–Crippen MR) is 127 cm³/mol. The number of Topliss-reactive ketones (excluding diaryl/α,β-unsaturated/α-hetero) is 1. The van der Waals surface area contributed by atoms with Crippen LogP contribution in [0.25, 0.3) is 0 Å².